The molecule has 1 aromatic carbocycles. The molecule has 112 valence electrons. The van der Waals surface area contributed by atoms with Crippen LogP contribution in [-0.2, 0) is 16.6 Å². The van der Waals surface area contributed by atoms with Gasteiger partial charge >= 0.3 is 5.97 Å². The highest BCUT2D eigenvalue weighted by molar-refractivity contribution is 5.71. The topological polar surface area (TPSA) is 57.5 Å². The molecular formula is C17H26O3. The average molecular weight is 278 g/mol. The number of rotatable bonds is 4. The van der Waals surface area contributed by atoms with E-state index in [9.17, 15) is 9.90 Å². The molecular weight excluding hydrogens is 252 g/mol. The SMILES string of the molecule is Cc1cc(O)c(C(C)(C)CC(C)(C)C)cc1CC(=O)O. The van der Waals surface area contributed by atoms with Gasteiger partial charge in [0.05, 0.1) is 6.42 Å². The van der Waals surface area contributed by atoms with Gasteiger partial charge in [-0.3, -0.25) is 4.79 Å². The monoisotopic (exact) mass is 278 g/mol. The van der Waals surface area contributed by atoms with Crippen molar-refractivity contribution in [3.63, 3.8) is 0 Å². The molecule has 0 fully saturated rings. The third-order valence-electron chi connectivity index (χ3n) is 3.50. The van der Waals surface area contributed by atoms with Crippen LogP contribution in [-0.4, -0.2) is 16.2 Å². The van der Waals surface area contributed by atoms with Crippen LogP contribution in [0.5, 0.6) is 5.75 Å². The van der Waals surface area contributed by atoms with E-state index < -0.39 is 5.97 Å². The fraction of sp³-hybridized carbons (Fsp3) is 0.588. The van der Waals surface area contributed by atoms with Gasteiger partial charge in [-0.25, -0.2) is 0 Å². The Labute approximate surface area is 121 Å². The van der Waals surface area contributed by atoms with Gasteiger partial charge in [-0.1, -0.05) is 40.7 Å². The first-order chi connectivity index (χ1) is 8.92. The van der Waals surface area contributed by atoms with E-state index in [1.165, 1.54) is 0 Å². The Balaban J connectivity index is 3.26. The molecule has 20 heavy (non-hydrogen) atoms. The van der Waals surface area contributed by atoms with Gasteiger partial charge in [-0.05, 0) is 46.9 Å². The predicted molar refractivity (Wildman–Crippen MR) is 81.3 cm³/mol. The fourth-order valence-electron chi connectivity index (χ4n) is 3.05. The van der Waals surface area contributed by atoms with Gasteiger partial charge < -0.3 is 10.2 Å². The summed E-state index contributed by atoms with van der Waals surface area (Å²) in [6, 6.07) is 3.53. The Morgan fingerprint density at radius 1 is 1.15 bits per heavy atom. The molecule has 1 rings (SSSR count). The zero-order chi connectivity index (χ0) is 15.7. The Kier molecular flexibility index (Phi) is 4.52. The highest BCUT2D eigenvalue weighted by atomic mass is 16.4. The normalized spacial score (nSPS) is 12.5. The number of phenolic OH excluding ortho intramolecular Hbond substituents is 1. The fourth-order valence-corrected chi connectivity index (χ4v) is 3.05. The first-order valence-electron chi connectivity index (χ1n) is 6.97. The number of aliphatic carboxylic acids is 1. The first kappa shape index (κ1) is 16.5. The highest BCUT2D eigenvalue weighted by Gasteiger charge is 2.30. The summed E-state index contributed by atoms with van der Waals surface area (Å²) in [6.45, 7) is 12.5. The molecule has 2 N–H and O–H groups in total. The minimum Gasteiger partial charge on any atom is -0.508 e. The van der Waals surface area contributed by atoms with E-state index in [0.717, 1.165) is 23.1 Å². The summed E-state index contributed by atoms with van der Waals surface area (Å²) < 4.78 is 0. The predicted octanol–water partition coefficient (Wildman–Crippen LogP) is 4.04. The molecule has 0 spiro atoms. The molecule has 0 aliphatic carbocycles. The molecule has 0 saturated heterocycles. The van der Waals surface area contributed by atoms with E-state index in [0.29, 0.717) is 0 Å². The van der Waals surface area contributed by atoms with E-state index >= 15 is 0 Å². The summed E-state index contributed by atoms with van der Waals surface area (Å²) in [6.07, 6.45) is 0.897. The molecule has 0 amide bonds. The van der Waals surface area contributed by atoms with Gasteiger partial charge in [0.15, 0.2) is 0 Å². The molecule has 0 radical (unpaired) electrons. The molecule has 0 heterocycles. The van der Waals surface area contributed by atoms with Crippen LogP contribution < -0.4 is 0 Å². The van der Waals surface area contributed by atoms with Gasteiger partial charge in [-0.15, -0.1) is 0 Å². The number of phenols is 1. The second-order valence-electron chi connectivity index (χ2n) is 7.49. The summed E-state index contributed by atoms with van der Waals surface area (Å²) in [5.74, 6) is -0.593. The molecule has 0 unspecified atom stereocenters. The second kappa shape index (κ2) is 5.47. The maximum atomic E-state index is 10.9. The molecule has 0 aliphatic heterocycles. The molecule has 0 atom stereocenters. The van der Waals surface area contributed by atoms with Crippen LogP contribution in [0.4, 0.5) is 0 Å². The Morgan fingerprint density at radius 3 is 2.15 bits per heavy atom. The summed E-state index contributed by atoms with van der Waals surface area (Å²) in [5.41, 5.74) is 2.35. The molecule has 0 aliphatic rings. The van der Waals surface area contributed by atoms with Crippen molar-refractivity contribution in [2.75, 3.05) is 0 Å². The van der Waals surface area contributed by atoms with Crippen molar-refractivity contribution in [2.24, 2.45) is 5.41 Å². The van der Waals surface area contributed by atoms with Crippen LogP contribution in [0.1, 0.15) is 57.7 Å². The van der Waals surface area contributed by atoms with Crippen LogP contribution in [0.15, 0.2) is 12.1 Å². The smallest absolute Gasteiger partial charge is 0.307 e. The lowest BCUT2D eigenvalue weighted by atomic mass is 9.71. The second-order valence-corrected chi connectivity index (χ2v) is 7.49. The van der Waals surface area contributed by atoms with Crippen LogP contribution >= 0.6 is 0 Å². The number of aromatic hydroxyl groups is 1. The third-order valence-corrected chi connectivity index (χ3v) is 3.50. The van der Waals surface area contributed by atoms with Crippen molar-refractivity contribution in [1.29, 1.82) is 0 Å². The third kappa shape index (κ3) is 4.26. The highest BCUT2D eigenvalue weighted by Crippen LogP contribution is 2.40. The van der Waals surface area contributed by atoms with E-state index in [-0.39, 0.29) is 23.0 Å². The van der Waals surface area contributed by atoms with Crippen molar-refractivity contribution in [3.05, 3.63) is 28.8 Å². The van der Waals surface area contributed by atoms with Crippen molar-refractivity contribution < 1.29 is 15.0 Å². The van der Waals surface area contributed by atoms with Gasteiger partial charge in [-0.2, -0.15) is 0 Å². The number of aryl methyl sites for hydroxylation is 1. The molecule has 3 heteroatoms. The molecule has 0 bridgehead atoms. The van der Waals surface area contributed by atoms with Crippen molar-refractivity contribution in [3.8, 4) is 5.75 Å². The standard InChI is InChI=1S/C17H26O3/c1-11-7-14(18)13(8-12(11)9-15(19)20)17(5,6)10-16(2,3)4/h7-8,18H,9-10H2,1-6H3,(H,19,20). The number of carboxylic acids is 1. The van der Waals surface area contributed by atoms with Crippen molar-refractivity contribution >= 4 is 5.97 Å². The number of carboxylic acid groups (broad SMARTS) is 1. The van der Waals surface area contributed by atoms with Crippen molar-refractivity contribution in [2.45, 2.75) is 59.8 Å². The summed E-state index contributed by atoms with van der Waals surface area (Å²) >= 11 is 0. The summed E-state index contributed by atoms with van der Waals surface area (Å²) in [4.78, 5) is 10.9. The minimum atomic E-state index is -0.849. The zero-order valence-electron chi connectivity index (χ0n) is 13.4. The maximum absolute atomic E-state index is 10.9. The molecule has 0 saturated carbocycles. The van der Waals surface area contributed by atoms with Crippen LogP contribution in [0.25, 0.3) is 0 Å². The lowest BCUT2D eigenvalue weighted by Gasteiger charge is -2.33. The Hall–Kier alpha value is -1.51. The largest absolute Gasteiger partial charge is 0.508 e. The van der Waals surface area contributed by atoms with E-state index in [4.69, 9.17) is 5.11 Å². The molecule has 0 aromatic heterocycles. The van der Waals surface area contributed by atoms with Crippen LogP contribution in [0.3, 0.4) is 0 Å². The van der Waals surface area contributed by atoms with Crippen LogP contribution in [0, 0.1) is 12.3 Å². The quantitative estimate of drug-likeness (QED) is 0.873. The number of hydrogen-bond donors (Lipinski definition) is 2. The Bertz CT molecular complexity index is 508. The molecule has 3 nitrogen and oxygen atoms in total. The summed E-state index contributed by atoms with van der Waals surface area (Å²) in [5, 5.41) is 19.2. The lowest BCUT2D eigenvalue weighted by molar-refractivity contribution is -0.136. The number of hydrogen-bond acceptors (Lipinski definition) is 2. The lowest BCUT2D eigenvalue weighted by Crippen LogP contribution is -2.25. The average Bonchev–Trinajstić information content (AvgIpc) is 2.17. The van der Waals surface area contributed by atoms with Gasteiger partial charge in [0.2, 0.25) is 0 Å². The number of benzene rings is 1. The van der Waals surface area contributed by atoms with E-state index in [1.807, 2.05) is 13.0 Å². The van der Waals surface area contributed by atoms with E-state index in [1.54, 1.807) is 6.07 Å². The molecule has 1 aromatic rings. The van der Waals surface area contributed by atoms with E-state index in [2.05, 4.69) is 34.6 Å². The summed E-state index contributed by atoms with van der Waals surface area (Å²) in [7, 11) is 0. The maximum Gasteiger partial charge on any atom is 0.307 e. The van der Waals surface area contributed by atoms with Gasteiger partial charge in [0.25, 0.3) is 0 Å². The van der Waals surface area contributed by atoms with Crippen molar-refractivity contribution in [1.82, 2.24) is 0 Å². The Morgan fingerprint density at radius 2 is 1.70 bits per heavy atom. The minimum absolute atomic E-state index is 0.00922. The van der Waals surface area contributed by atoms with Gasteiger partial charge in [0.1, 0.15) is 5.75 Å². The van der Waals surface area contributed by atoms with Crippen LogP contribution in [0.2, 0.25) is 0 Å². The first-order valence-corrected chi connectivity index (χ1v) is 6.97. The van der Waals surface area contributed by atoms with Gasteiger partial charge in [0, 0.05) is 0 Å². The zero-order valence-corrected chi connectivity index (χ0v) is 13.4. The number of carbonyl (C=O) groups is 1.